The van der Waals surface area contributed by atoms with Crippen LogP contribution in [0.15, 0.2) is 6.20 Å². The standard InChI is InChI=1S/C6H4ClN3O/c7-6-5(1-8)10-4(3-11)2-9-6/h2,11H,3H2. The summed E-state index contributed by atoms with van der Waals surface area (Å²) in [4.78, 5) is 7.34. The molecule has 1 heterocycles. The molecule has 0 radical (unpaired) electrons. The van der Waals surface area contributed by atoms with Crippen LogP contribution < -0.4 is 0 Å². The molecule has 0 aliphatic heterocycles. The molecule has 1 aromatic rings. The van der Waals surface area contributed by atoms with Crippen LogP contribution >= 0.6 is 11.6 Å². The van der Waals surface area contributed by atoms with Crippen molar-refractivity contribution in [2.75, 3.05) is 0 Å². The monoisotopic (exact) mass is 169 g/mol. The number of hydrogen-bond acceptors (Lipinski definition) is 4. The molecule has 1 aromatic heterocycles. The van der Waals surface area contributed by atoms with E-state index >= 15 is 0 Å². The van der Waals surface area contributed by atoms with Gasteiger partial charge in [-0.05, 0) is 0 Å². The molecule has 0 bridgehead atoms. The molecule has 11 heavy (non-hydrogen) atoms. The third-order valence-electron chi connectivity index (χ3n) is 1.05. The van der Waals surface area contributed by atoms with Gasteiger partial charge in [-0.2, -0.15) is 5.26 Å². The lowest BCUT2D eigenvalue weighted by Crippen LogP contribution is -1.95. The van der Waals surface area contributed by atoms with Crippen LogP contribution in [0.3, 0.4) is 0 Å². The van der Waals surface area contributed by atoms with Crippen LogP contribution in [0.4, 0.5) is 0 Å². The van der Waals surface area contributed by atoms with Gasteiger partial charge in [0.2, 0.25) is 0 Å². The first-order chi connectivity index (χ1) is 5.27. The fourth-order valence-corrected chi connectivity index (χ4v) is 0.692. The van der Waals surface area contributed by atoms with Crippen LogP contribution in [-0.4, -0.2) is 15.1 Å². The summed E-state index contributed by atoms with van der Waals surface area (Å²) < 4.78 is 0. The Morgan fingerprint density at radius 2 is 2.45 bits per heavy atom. The van der Waals surface area contributed by atoms with E-state index < -0.39 is 0 Å². The Balaban J connectivity index is 3.15. The van der Waals surface area contributed by atoms with Crippen LogP contribution in [0, 0.1) is 11.3 Å². The highest BCUT2D eigenvalue weighted by Gasteiger charge is 2.02. The van der Waals surface area contributed by atoms with Gasteiger partial charge in [0.25, 0.3) is 0 Å². The Kier molecular flexibility index (Phi) is 2.36. The largest absolute Gasteiger partial charge is 0.390 e. The van der Waals surface area contributed by atoms with Crippen LogP contribution in [0.5, 0.6) is 0 Å². The lowest BCUT2D eigenvalue weighted by atomic mass is 10.4. The first-order valence-electron chi connectivity index (χ1n) is 2.80. The van der Waals surface area contributed by atoms with Gasteiger partial charge < -0.3 is 5.11 Å². The summed E-state index contributed by atoms with van der Waals surface area (Å²) in [6.45, 7) is -0.237. The Hall–Kier alpha value is -1.18. The lowest BCUT2D eigenvalue weighted by Gasteiger charge is -1.95. The van der Waals surface area contributed by atoms with Gasteiger partial charge in [-0.25, -0.2) is 9.97 Å². The molecule has 0 atom stereocenters. The summed E-state index contributed by atoms with van der Waals surface area (Å²) in [5.74, 6) is 0. The summed E-state index contributed by atoms with van der Waals surface area (Å²) in [7, 11) is 0. The summed E-state index contributed by atoms with van der Waals surface area (Å²) in [5.41, 5.74) is 0.379. The number of aliphatic hydroxyl groups is 1. The SMILES string of the molecule is N#Cc1nc(CO)cnc1Cl. The molecule has 0 saturated carbocycles. The van der Waals surface area contributed by atoms with Crippen molar-refractivity contribution in [1.82, 2.24) is 9.97 Å². The Labute approximate surface area is 68.1 Å². The highest BCUT2D eigenvalue weighted by atomic mass is 35.5. The van der Waals surface area contributed by atoms with E-state index in [4.69, 9.17) is 22.0 Å². The minimum atomic E-state index is -0.237. The molecule has 0 fully saturated rings. The van der Waals surface area contributed by atoms with Crippen molar-refractivity contribution in [3.05, 3.63) is 22.7 Å². The van der Waals surface area contributed by atoms with Crippen molar-refractivity contribution in [3.8, 4) is 6.07 Å². The van der Waals surface area contributed by atoms with Crippen molar-refractivity contribution in [1.29, 1.82) is 5.26 Å². The number of aromatic nitrogens is 2. The highest BCUT2D eigenvalue weighted by Crippen LogP contribution is 2.08. The number of nitrogens with zero attached hydrogens (tertiary/aromatic N) is 3. The normalized spacial score (nSPS) is 9.18. The van der Waals surface area contributed by atoms with Gasteiger partial charge >= 0.3 is 0 Å². The minimum Gasteiger partial charge on any atom is -0.390 e. The van der Waals surface area contributed by atoms with Crippen LogP contribution in [0.25, 0.3) is 0 Å². The molecule has 1 N–H and O–H groups in total. The number of rotatable bonds is 1. The third-order valence-corrected chi connectivity index (χ3v) is 1.32. The first-order valence-corrected chi connectivity index (χ1v) is 3.18. The van der Waals surface area contributed by atoms with Gasteiger partial charge in [0.05, 0.1) is 18.5 Å². The molecule has 0 saturated heterocycles. The maximum absolute atomic E-state index is 8.59. The van der Waals surface area contributed by atoms with Gasteiger partial charge in [0, 0.05) is 0 Å². The van der Waals surface area contributed by atoms with Crippen molar-refractivity contribution < 1.29 is 5.11 Å². The van der Waals surface area contributed by atoms with E-state index in [1.54, 1.807) is 6.07 Å². The number of nitriles is 1. The van der Waals surface area contributed by atoms with Gasteiger partial charge in [0.1, 0.15) is 6.07 Å². The molecule has 1 rings (SSSR count). The second kappa shape index (κ2) is 3.28. The molecule has 4 nitrogen and oxygen atoms in total. The maximum Gasteiger partial charge on any atom is 0.178 e. The van der Waals surface area contributed by atoms with E-state index in [2.05, 4.69) is 9.97 Å². The smallest absolute Gasteiger partial charge is 0.178 e. The second-order valence-corrected chi connectivity index (χ2v) is 2.13. The van der Waals surface area contributed by atoms with E-state index in [0.29, 0.717) is 5.69 Å². The van der Waals surface area contributed by atoms with E-state index in [1.807, 2.05) is 0 Å². The fraction of sp³-hybridized carbons (Fsp3) is 0.167. The maximum atomic E-state index is 8.59. The molecule has 0 aromatic carbocycles. The van der Waals surface area contributed by atoms with Crippen LogP contribution in [0.2, 0.25) is 5.15 Å². The lowest BCUT2D eigenvalue weighted by molar-refractivity contribution is 0.276. The zero-order valence-corrected chi connectivity index (χ0v) is 6.21. The Morgan fingerprint density at radius 1 is 1.73 bits per heavy atom. The highest BCUT2D eigenvalue weighted by molar-refractivity contribution is 6.30. The van der Waals surface area contributed by atoms with Crippen molar-refractivity contribution in [2.24, 2.45) is 0 Å². The zero-order chi connectivity index (χ0) is 8.27. The quantitative estimate of drug-likeness (QED) is 0.665. The van der Waals surface area contributed by atoms with Crippen LogP contribution in [-0.2, 0) is 6.61 Å². The number of halogens is 1. The average molecular weight is 170 g/mol. The topological polar surface area (TPSA) is 69.8 Å². The van der Waals surface area contributed by atoms with E-state index in [-0.39, 0.29) is 17.5 Å². The van der Waals surface area contributed by atoms with Crippen LogP contribution in [0.1, 0.15) is 11.4 Å². The molecule has 0 spiro atoms. The van der Waals surface area contributed by atoms with E-state index in [0.717, 1.165) is 0 Å². The number of aliphatic hydroxyl groups excluding tert-OH is 1. The van der Waals surface area contributed by atoms with Gasteiger partial charge in [-0.1, -0.05) is 11.6 Å². The molecule has 56 valence electrons. The van der Waals surface area contributed by atoms with Crippen molar-refractivity contribution in [2.45, 2.75) is 6.61 Å². The van der Waals surface area contributed by atoms with Gasteiger partial charge in [0.15, 0.2) is 10.8 Å². The third kappa shape index (κ3) is 1.64. The first kappa shape index (κ1) is 7.92. The Morgan fingerprint density at radius 3 is 3.00 bits per heavy atom. The van der Waals surface area contributed by atoms with Gasteiger partial charge in [-0.3, -0.25) is 0 Å². The minimum absolute atomic E-state index is 0.0400. The molecular weight excluding hydrogens is 166 g/mol. The molecule has 0 aliphatic rings. The molecule has 5 heteroatoms. The van der Waals surface area contributed by atoms with Gasteiger partial charge in [-0.15, -0.1) is 0 Å². The molecule has 0 aliphatic carbocycles. The fourth-order valence-electron chi connectivity index (χ4n) is 0.558. The number of hydrogen-bond donors (Lipinski definition) is 1. The predicted molar refractivity (Wildman–Crippen MR) is 37.7 cm³/mol. The molecule has 0 unspecified atom stereocenters. The Bertz CT molecular complexity index is 307. The zero-order valence-electron chi connectivity index (χ0n) is 5.45. The summed E-state index contributed by atoms with van der Waals surface area (Å²) >= 11 is 5.48. The average Bonchev–Trinajstić information content (AvgIpc) is 2.05. The molecular formula is C6H4ClN3O. The van der Waals surface area contributed by atoms with Crippen molar-refractivity contribution >= 4 is 11.6 Å². The summed E-state index contributed by atoms with van der Waals surface area (Å²) in [6, 6.07) is 1.75. The summed E-state index contributed by atoms with van der Waals surface area (Å²) in [6.07, 6.45) is 1.32. The predicted octanol–water partition coefficient (Wildman–Crippen LogP) is 0.494. The van der Waals surface area contributed by atoms with E-state index in [1.165, 1.54) is 6.20 Å². The van der Waals surface area contributed by atoms with E-state index in [9.17, 15) is 0 Å². The second-order valence-electron chi connectivity index (χ2n) is 1.77. The van der Waals surface area contributed by atoms with Crippen molar-refractivity contribution in [3.63, 3.8) is 0 Å². The molecule has 0 amide bonds. The summed E-state index contributed by atoms with van der Waals surface area (Å²) in [5, 5.41) is 17.1.